The van der Waals surface area contributed by atoms with E-state index in [1.807, 2.05) is 65.2 Å². The molecule has 1 aliphatic rings. The minimum Gasteiger partial charge on any atom is -0.493 e. The number of nitrogens with zero attached hydrogens (tertiary/aromatic N) is 5. The van der Waals surface area contributed by atoms with Gasteiger partial charge in [-0.05, 0) is 47.4 Å². The largest absolute Gasteiger partial charge is 0.493 e. The molecular weight excluding hydrogens is 708 g/mol. The van der Waals surface area contributed by atoms with Crippen molar-refractivity contribution in [1.82, 2.24) is 24.6 Å². The van der Waals surface area contributed by atoms with E-state index in [1.165, 1.54) is 0 Å². The summed E-state index contributed by atoms with van der Waals surface area (Å²) in [5.41, 5.74) is 7.13. The van der Waals surface area contributed by atoms with Crippen molar-refractivity contribution in [3.05, 3.63) is 172 Å². The van der Waals surface area contributed by atoms with E-state index in [-0.39, 0.29) is 12.3 Å². The summed E-state index contributed by atoms with van der Waals surface area (Å²) in [6, 6.07) is 41.3. The Morgan fingerprint density at radius 1 is 0.782 bits per heavy atom. The summed E-state index contributed by atoms with van der Waals surface area (Å²) in [6.07, 6.45) is 2.04. The van der Waals surface area contributed by atoms with Crippen LogP contribution in [0.3, 0.4) is 0 Å². The van der Waals surface area contributed by atoms with Crippen LogP contribution in [-0.2, 0) is 23.2 Å². The average Bonchev–Trinajstić information content (AvgIpc) is 3.84. The SMILES string of the molecule is COc1cc2c(CC(=O)N3CCN(c4cccc(Cl)c4C)CC3)nn(Cc3cnc(C(c4ccccc4)(c4ccccc4)c4ccccc4)[nH]3)c2cc1OC. The number of hydrogen-bond acceptors (Lipinski definition) is 6. The van der Waals surface area contributed by atoms with Gasteiger partial charge in [0.25, 0.3) is 0 Å². The number of aromatic nitrogens is 4. The number of piperazine rings is 1. The maximum absolute atomic E-state index is 13.9. The molecule has 1 saturated heterocycles. The lowest BCUT2D eigenvalue weighted by molar-refractivity contribution is -0.130. The molecule has 7 aromatic rings. The number of nitrogens with one attached hydrogen (secondary N) is 1. The molecule has 2 aromatic heterocycles. The fourth-order valence-corrected chi connectivity index (χ4v) is 8.14. The van der Waals surface area contributed by atoms with Crippen molar-refractivity contribution in [2.75, 3.05) is 45.3 Å². The molecule has 10 heteroatoms. The monoisotopic (exact) mass is 750 g/mol. The van der Waals surface area contributed by atoms with Crippen molar-refractivity contribution in [2.24, 2.45) is 0 Å². The normalized spacial score (nSPS) is 13.3. The Kier molecular flexibility index (Phi) is 10.0. The van der Waals surface area contributed by atoms with Gasteiger partial charge in [-0.1, -0.05) is 109 Å². The van der Waals surface area contributed by atoms with Crippen molar-refractivity contribution < 1.29 is 14.3 Å². The third kappa shape index (κ3) is 6.69. The van der Waals surface area contributed by atoms with E-state index in [4.69, 9.17) is 31.2 Å². The number of benzene rings is 5. The van der Waals surface area contributed by atoms with Crippen molar-refractivity contribution in [1.29, 1.82) is 0 Å². The van der Waals surface area contributed by atoms with E-state index >= 15 is 0 Å². The second-order valence-corrected chi connectivity index (χ2v) is 14.3. The van der Waals surface area contributed by atoms with Crippen molar-refractivity contribution in [3.8, 4) is 11.5 Å². The molecular formula is C45H43ClN6O3. The van der Waals surface area contributed by atoms with Crippen LogP contribution >= 0.6 is 11.6 Å². The van der Waals surface area contributed by atoms with Crippen LogP contribution in [0.1, 0.15) is 39.5 Å². The van der Waals surface area contributed by atoms with Crippen LogP contribution in [0.25, 0.3) is 10.9 Å². The zero-order valence-corrected chi connectivity index (χ0v) is 32.0. The molecule has 0 radical (unpaired) electrons. The number of carbonyl (C=O) groups excluding carboxylic acids is 1. The maximum Gasteiger partial charge on any atom is 0.228 e. The standard InChI is InChI=1S/C45H43ClN6O3/c1-31-37(46)20-13-21-39(31)50-22-24-51(25-23-50)43(53)27-38-36-26-41(54-2)42(55-3)28-40(36)52(49-38)30-35-29-47-44(48-35)45(32-14-7-4-8-15-32,33-16-9-5-10-17-33)34-18-11-6-12-19-34/h4-21,26,28-29H,22-25,27,30H2,1-3H3,(H,47,48). The highest BCUT2D eigenvalue weighted by atomic mass is 35.5. The molecule has 55 heavy (non-hydrogen) atoms. The van der Waals surface area contributed by atoms with Crippen LogP contribution in [0, 0.1) is 6.92 Å². The van der Waals surface area contributed by atoms with Gasteiger partial charge in [0.15, 0.2) is 11.5 Å². The summed E-state index contributed by atoms with van der Waals surface area (Å²) in [7, 11) is 3.24. The highest BCUT2D eigenvalue weighted by Crippen LogP contribution is 2.44. The number of hydrogen-bond donors (Lipinski definition) is 1. The summed E-state index contributed by atoms with van der Waals surface area (Å²) >= 11 is 6.42. The molecule has 0 bridgehead atoms. The second kappa shape index (κ2) is 15.4. The highest BCUT2D eigenvalue weighted by molar-refractivity contribution is 6.31. The molecule has 5 aromatic carbocycles. The van der Waals surface area contributed by atoms with E-state index in [1.54, 1.807) is 14.2 Å². The first-order valence-electron chi connectivity index (χ1n) is 18.5. The number of amides is 1. The van der Waals surface area contributed by atoms with Crippen LogP contribution < -0.4 is 14.4 Å². The fraction of sp³-hybridized carbons (Fsp3) is 0.222. The van der Waals surface area contributed by atoms with E-state index in [2.05, 4.69) is 88.7 Å². The first-order valence-corrected chi connectivity index (χ1v) is 18.9. The molecule has 1 aliphatic heterocycles. The Morgan fingerprint density at radius 3 is 1.95 bits per heavy atom. The van der Waals surface area contributed by atoms with Gasteiger partial charge in [-0.15, -0.1) is 0 Å². The van der Waals surface area contributed by atoms with Crippen molar-refractivity contribution in [2.45, 2.75) is 25.3 Å². The van der Waals surface area contributed by atoms with E-state index < -0.39 is 5.41 Å². The number of rotatable bonds is 11. The van der Waals surface area contributed by atoms with Crippen LogP contribution in [0.2, 0.25) is 5.02 Å². The topological polar surface area (TPSA) is 88.5 Å². The molecule has 3 heterocycles. The number of fused-ring (bicyclic) bond motifs is 1. The average molecular weight is 751 g/mol. The number of H-pyrrole nitrogens is 1. The Labute approximate surface area is 326 Å². The third-order valence-corrected chi connectivity index (χ3v) is 11.2. The van der Waals surface area contributed by atoms with Gasteiger partial charge in [0, 0.05) is 48.3 Å². The van der Waals surface area contributed by atoms with Gasteiger partial charge in [-0.3, -0.25) is 9.48 Å². The predicted molar refractivity (Wildman–Crippen MR) is 218 cm³/mol. The van der Waals surface area contributed by atoms with Crippen molar-refractivity contribution in [3.63, 3.8) is 0 Å². The van der Waals surface area contributed by atoms with Crippen LogP contribution in [0.4, 0.5) is 5.69 Å². The molecule has 0 atom stereocenters. The van der Waals surface area contributed by atoms with Gasteiger partial charge in [-0.25, -0.2) is 4.98 Å². The quantitative estimate of drug-likeness (QED) is 0.135. The van der Waals surface area contributed by atoms with Gasteiger partial charge >= 0.3 is 0 Å². The first kappa shape index (κ1) is 35.9. The number of ether oxygens (including phenoxy) is 2. The van der Waals surface area contributed by atoms with E-state index in [9.17, 15) is 4.79 Å². The molecule has 0 spiro atoms. The smallest absolute Gasteiger partial charge is 0.228 e. The third-order valence-electron chi connectivity index (χ3n) is 10.8. The Morgan fingerprint density at radius 2 is 1.36 bits per heavy atom. The number of anilines is 1. The Bertz CT molecular complexity index is 2330. The van der Waals surface area contributed by atoms with Gasteiger partial charge in [-0.2, -0.15) is 5.10 Å². The molecule has 1 fully saturated rings. The van der Waals surface area contributed by atoms with Gasteiger partial charge < -0.3 is 24.3 Å². The fourth-order valence-electron chi connectivity index (χ4n) is 7.97. The summed E-state index contributed by atoms with van der Waals surface area (Å²) in [5, 5.41) is 6.67. The molecule has 0 aliphatic carbocycles. The summed E-state index contributed by atoms with van der Waals surface area (Å²) in [4.78, 5) is 27.0. The molecule has 278 valence electrons. The van der Waals surface area contributed by atoms with Crippen molar-refractivity contribution >= 4 is 34.1 Å². The highest BCUT2D eigenvalue weighted by Gasteiger charge is 2.41. The molecule has 0 saturated carbocycles. The molecule has 8 rings (SSSR count). The maximum atomic E-state index is 13.9. The molecule has 9 nitrogen and oxygen atoms in total. The minimum atomic E-state index is -0.710. The van der Waals surface area contributed by atoms with E-state index in [0.29, 0.717) is 36.8 Å². The summed E-state index contributed by atoms with van der Waals surface area (Å²) in [6.45, 7) is 5.11. The van der Waals surface area contributed by atoms with Crippen LogP contribution in [0.5, 0.6) is 11.5 Å². The molecule has 0 unspecified atom stereocenters. The second-order valence-electron chi connectivity index (χ2n) is 13.9. The van der Waals surface area contributed by atoms with Gasteiger partial charge in [0.2, 0.25) is 5.91 Å². The lowest BCUT2D eigenvalue weighted by Crippen LogP contribution is -2.49. The minimum absolute atomic E-state index is 0.0333. The lowest BCUT2D eigenvalue weighted by atomic mass is 9.69. The Hall–Kier alpha value is -6.06. The molecule has 1 amide bonds. The summed E-state index contributed by atoms with van der Waals surface area (Å²) < 4.78 is 13.3. The number of aromatic amines is 1. The lowest BCUT2D eigenvalue weighted by Gasteiger charge is -2.37. The van der Waals surface area contributed by atoms with E-state index in [0.717, 1.165) is 68.5 Å². The predicted octanol–water partition coefficient (Wildman–Crippen LogP) is 8.06. The zero-order chi connectivity index (χ0) is 37.9. The number of methoxy groups -OCH3 is 2. The van der Waals surface area contributed by atoms with Gasteiger partial charge in [0.05, 0.1) is 50.3 Å². The van der Waals surface area contributed by atoms with Crippen LogP contribution in [-0.4, -0.2) is 71.0 Å². The number of halogens is 1. The molecule has 1 N–H and O–H groups in total. The summed E-state index contributed by atoms with van der Waals surface area (Å²) in [5.74, 6) is 1.99. The van der Waals surface area contributed by atoms with Crippen LogP contribution in [0.15, 0.2) is 128 Å². The number of imidazole rings is 1. The zero-order valence-electron chi connectivity index (χ0n) is 31.2. The van der Waals surface area contributed by atoms with Gasteiger partial charge in [0.1, 0.15) is 11.2 Å². The number of carbonyl (C=O) groups is 1. The first-order chi connectivity index (χ1) is 26.9. The Balaban J connectivity index is 1.13.